The van der Waals surface area contributed by atoms with Crippen LogP contribution in [0, 0.1) is 6.92 Å². The summed E-state index contributed by atoms with van der Waals surface area (Å²) in [4.78, 5) is 14.7. The monoisotopic (exact) mass is 207 g/mol. The zero-order valence-corrected chi connectivity index (χ0v) is 8.39. The maximum atomic E-state index is 10.9. The van der Waals surface area contributed by atoms with Crippen molar-refractivity contribution in [2.75, 3.05) is 0 Å². The first-order valence-electron chi connectivity index (χ1n) is 4.15. The molecule has 0 spiro atoms. The Morgan fingerprint density at radius 3 is 2.93 bits per heavy atom. The maximum absolute atomic E-state index is 10.9. The van der Waals surface area contributed by atoms with Crippen LogP contribution in [0.3, 0.4) is 0 Å². The Morgan fingerprint density at radius 1 is 1.57 bits per heavy atom. The van der Waals surface area contributed by atoms with Crippen LogP contribution in [0.25, 0.3) is 10.4 Å². The fourth-order valence-corrected chi connectivity index (χ4v) is 2.13. The molecule has 0 aliphatic heterocycles. The normalized spacial score (nSPS) is 10.4. The van der Waals surface area contributed by atoms with Crippen LogP contribution in [-0.2, 0) is 0 Å². The van der Waals surface area contributed by atoms with Crippen LogP contribution in [0.15, 0.2) is 23.6 Å². The highest BCUT2D eigenvalue weighted by Gasteiger charge is 2.14. The molecular weight excluding hydrogens is 198 g/mol. The third kappa shape index (κ3) is 1.44. The number of hydrogen-bond acceptors (Lipinski definition) is 2. The van der Waals surface area contributed by atoms with E-state index in [9.17, 15) is 4.79 Å². The molecule has 0 radical (unpaired) electrons. The number of thiophene rings is 1. The lowest BCUT2D eigenvalue weighted by Crippen LogP contribution is -1.98. The first-order valence-corrected chi connectivity index (χ1v) is 5.03. The van der Waals surface area contributed by atoms with Crippen molar-refractivity contribution in [2.24, 2.45) is 0 Å². The van der Waals surface area contributed by atoms with Crippen molar-refractivity contribution in [3.05, 3.63) is 35.0 Å². The summed E-state index contributed by atoms with van der Waals surface area (Å²) >= 11 is 1.54. The zero-order chi connectivity index (χ0) is 10.1. The number of carbonyl (C=O) groups is 1. The lowest BCUT2D eigenvalue weighted by atomic mass is 10.2. The molecule has 4 heteroatoms. The zero-order valence-electron chi connectivity index (χ0n) is 7.57. The Kier molecular flexibility index (Phi) is 2.13. The molecule has 0 aromatic carbocycles. The SMILES string of the molecule is Cc1cc(-c2cccs2)c(C(=O)O)[nH]1. The van der Waals surface area contributed by atoms with E-state index in [1.807, 2.05) is 30.5 Å². The smallest absolute Gasteiger partial charge is 0.352 e. The number of aromatic carboxylic acids is 1. The summed E-state index contributed by atoms with van der Waals surface area (Å²) in [5.74, 6) is -0.915. The lowest BCUT2D eigenvalue weighted by molar-refractivity contribution is 0.0692. The van der Waals surface area contributed by atoms with Gasteiger partial charge < -0.3 is 10.1 Å². The molecule has 2 aromatic rings. The number of aryl methyl sites for hydroxylation is 1. The van der Waals surface area contributed by atoms with Gasteiger partial charge in [0.05, 0.1) is 0 Å². The standard InChI is InChI=1S/C10H9NO2S/c1-6-5-7(8-3-2-4-14-8)9(11-6)10(12)13/h2-5,11H,1H3,(H,12,13). The molecule has 72 valence electrons. The predicted octanol–water partition coefficient (Wildman–Crippen LogP) is 2.75. The highest BCUT2D eigenvalue weighted by Crippen LogP contribution is 2.28. The highest BCUT2D eigenvalue weighted by molar-refractivity contribution is 7.13. The predicted molar refractivity (Wildman–Crippen MR) is 55.8 cm³/mol. The molecule has 2 heterocycles. The van der Waals surface area contributed by atoms with Gasteiger partial charge in [-0.1, -0.05) is 6.07 Å². The number of nitrogens with one attached hydrogen (secondary N) is 1. The number of aromatic amines is 1. The average Bonchev–Trinajstić information content (AvgIpc) is 2.70. The van der Waals surface area contributed by atoms with Crippen LogP contribution in [0.1, 0.15) is 16.2 Å². The van der Waals surface area contributed by atoms with E-state index in [2.05, 4.69) is 4.98 Å². The quantitative estimate of drug-likeness (QED) is 0.795. The lowest BCUT2D eigenvalue weighted by Gasteiger charge is -1.94. The van der Waals surface area contributed by atoms with E-state index in [1.165, 1.54) is 11.3 Å². The molecule has 0 atom stereocenters. The number of carboxylic acids is 1. The molecule has 0 unspecified atom stereocenters. The molecule has 2 N–H and O–H groups in total. The molecule has 2 aromatic heterocycles. The Labute approximate surface area is 85.0 Å². The Balaban J connectivity index is 2.58. The van der Waals surface area contributed by atoms with Crippen molar-refractivity contribution in [1.82, 2.24) is 4.98 Å². The number of rotatable bonds is 2. The summed E-state index contributed by atoms with van der Waals surface area (Å²) in [5, 5.41) is 10.9. The molecule has 14 heavy (non-hydrogen) atoms. The fraction of sp³-hybridized carbons (Fsp3) is 0.100. The molecule has 0 amide bonds. The van der Waals surface area contributed by atoms with Crippen molar-refractivity contribution < 1.29 is 9.90 Å². The molecule has 0 bridgehead atoms. The summed E-state index contributed by atoms with van der Waals surface area (Å²) in [6.45, 7) is 1.85. The van der Waals surface area contributed by atoms with E-state index in [0.717, 1.165) is 16.1 Å². The van der Waals surface area contributed by atoms with Crippen molar-refractivity contribution in [3.63, 3.8) is 0 Å². The molecule has 2 rings (SSSR count). The molecule has 0 aliphatic carbocycles. The van der Waals surface area contributed by atoms with Crippen LogP contribution >= 0.6 is 11.3 Å². The molecule has 0 saturated heterocycles. The Bertz CT molecular complexity index is 456. The summed E-state index contributed by atoms with van der Waals surface area (Å²) in [7, 11) is 0. The number of aromatic nitrogens is 1. The minimum atomic E-state index is -0.915. The largest absolute Gasteiger partial charge is 0.477 e. The number of hydrogen-bond donors (Lipinski definition) is 2. The molecule has 0 saturated carbocycles. The minimum Gasteiger partial charge on any atom is -0.477 e. The third-order valence-electron chi connectivity index (χ3n) is 1.95. The average molecular weight is 207 g/mol. The number of H-pyrrole nitrogens is 1. The van der Waals surface area contributed by atoms with Gasteiger partial charge in [-0.25, -0.2) is 4.79 Å². The van der Waals surface area contributed by atoms with Crippen molar-refractivity contribution in [1.29, 1.82) is 0 Å². The maximum Gasteiger partial charge on any atom is 0.352 e. The third-order valence-corrected chi connectivity index (χ3v) is 2.86. The van der Waals surface area contributed by atoms with Crippen LogP contribution in [0.5, 0.6) is 0 Å². The van der Waals surface area contributed by atoms with Gasteiger partial charge in [-0.15, -0.1) is 11.3 Å². The Morgan fingerprint density at radius 2 is 2.36 bits per heavy atom. The molecule has 3 nitrogen and oxygen atoms in total. The van der Waals surface area contributed by atoms with E-state index < -0.39 is 5.97 Å². The molecule has 0 aliphatic rings. The summed E-state index contributed by atoms with van der Waals surface area (Å²) in [6, 6.07) is 5.68. The Hall–Kier alpha value is -1.55. The van der Waals surface area contributed by atoms with Gasteiger partial charge in [0.15, 0.2) is 0 Å². The van der Waals surface area contributed by atoms with Gasteiger partial charge in [0, 0.05) is 16.1 Å². The molecular formula is C10H9NO2S. The van der Waals surface area contributed by atoms with E-state index in [-0.39, 0.29) is 5.69 Å². The van der Waals surface area contributed by atoms with Gasteiger partial charge in [-0.2, -0.15) is 0 Å². The highest BCUT2D eigenvalue weighted by atomic mass is 32.1. The van der Waals surface area contributed by atoms with Gasteiger partial charge in [0.25, 0.3) is 0 Å². The van der Waals surface area contributed by atoms with Crippen LogP contribution in [-0.4, -0.2) is 16.1 Å². The van der Waals surface area contributed by atoms with E-state index in [0.29, 0.717) is 0 Å². The fourth-order valence-electron chi connectivity index (χ4n) is 1.38. The second-order valence-electron chi connectivity index (χ2n) is 3.02. The summed E-state index contributed by atoms with van der Waals surface area (Å²) in [6.07, 6.45) is 0. The topological polar surface area (TPSA) is 53.1 Å². The van der Waals surface area contributed by atoms with E-state index in [1.54, 1.807) is 0 Å². The second-order valence-corrected chi connectivity index (χ2v) is 3.97. The first kappa shape index (κ1) is 9.02. The van der Waals surface area contributed by atoms with Gasteiger partial charge >= 0.3 is 5.97 Å². The van der Waals surface area contributed by atoms with Gasteiger partial charge in [-0.05, 0) is 24.4 Å². The second kappa shape index (κ2) is 3.31. The van der Waals surface area contributed by atoms with Gasteiger partial charge in [-0.3, -0.25) is 0 Å². The summed E-state index contributed by atoms with van der Waals surface area (Å²) < 4.78 is 0. The minimum absolute atomic E-state index is 0.268. The summed E-state index contributed by atoms with van der Waals surface area (Å²) in [5.41, 5.74) is 1.90. The van der Waals surface area contributed by atoms with Crippen LogP contribution in [0.2, 0.25) is 0 Å². The van der Waals surface area contributed by atoms with Gasteiger partial charge in [0.2, 0.25) is 0 Å². The van der Waals surface area contributed by atoms with Crippen molar-refractivity contribution >= 4 is 17.3 Å². The van der Waals surface area contributed by atoms with Crippen LogP contribution < -0.4 is 0 Å². The van der Waals surface area contributed by atoms with Crippen molar-refractivity contribution in [3.8, 4) is 10.4 Å². The van der Waals surface area contributed by atoms with Gasteiger partial charge in [0.1, 0.15) is 5.69 Å². The number of carboxylic acid groups (broad SMARTS) is 1. The van der Waals surface area contributed by atoms with E-state index in [4.69, 9.17) is 5.11 Å². The van der Waals surface area contributed by atoms with E-state index >= 15 is 0 Å². The van der Waals surface area contributed by atoms with Crippen molar-refractivity contribution in [2.45, 2.75) is 6.92 Å². The first-order chi connectivity index (χ1) is 6.68. The van der Waals surface area contributed by atoms with Crippen LogP contribution in [0.4, 0.5) is 0 Å². The molecule has 0 fully saturated rings.